The van der Waals surface area contributed by atoms with Crippen molar-refractivity contribution >= 4 is 34.3 Å². The lowest BCUT2D eigenvalue weighted by Gasteiger charge is -2.20. The summed E-state index contributed by atoms with van der Waals surface area (Å²) in [4.78, 5) is 31.7. The number of benzene rings is 2. The molecule has 2 aromatic carbocycles. The van der Waals surface area contributed by atoms with Crippen LogP contribution in [0.4, 0.5) is 5.69 Å². The lowest BCUT2D eigenvalue weighted by Crippen LogP contribution is -2.33. The van der Waals surface area contributed by atoms with Gasteiger partial charge in [-0.15, -0.1) is 0 Å². The molecule has 3 aromatic rings. The Bertz CT molecular complexity index is 1090. The van der Waals surface area contributed by atoms with Gasteiger partial charge in [0.1, 0.15) is 6.54 Å². The molecule has 0 unspecified atom stereocenters. The van der Waals surface area contributed by atoms with Crippen LogP contribution in [-0.4, -0.2) is 27.8 Å². The van der Waals surface area contributed by atoms with Crippen molar-refractivity contribution in [2.45, 2.75) is 25.0 Å². The highest BCUT2D eigenvalue weighted by atomic mass is 32.2. The summed E-state index contributed by atoms with van der Waals surface area (Å²) in [5.41, 5.74) is 1.16. The van der Waals surface area contributed by atoms with Gasteiger partial charge >= 0.3 is 0 Å². The quantitative estimate of drug-likeness (QED) is 0.364. The minimum atomic E-state index is -0.213. The standard InChI is InChI=1S/C21H20N4O2S/c1-15(2)25-20(27)17-10-6-7-11-18(17)23-21(25)28-14-19(26)24(13-12-22)16-8-4-3-5-9-16/h3-11,15H,13-14H2,1-2H3. The number of anilines is 1. The minimum absolute atomic E-state index is 0.0362. The molecule has 0 aliphatic heterocycles. The van der Waals surface area contributed by atoms with Crippen molar-refractivity contribution in [1.82, 2.24) is 9.55 Å². The molecule has 0 fully saturated rings. The predicted molar refractivity (Wildman–Crippen MR) is 112 cm³/mol. The Labute approximate surface area is 167 Å². The number of aromatic nitrogens is 2. The minimum Gasteiger partial charge on any atom is -0.298 e. The molecule has 0 aliphatic rings. The van der Waals surface area contributed by atoms with Gasteiger partial charge in [-0.1, -0.05) is 42.1 Å². The molecule has 0 spiro atoms. The number of hydrogen-bond donors (Lipinski definition) is 0. The monoisotopic (exact) mass is 392 g/mol. The number of carbonyl (C=O) groups excluding carboxylic acids is 1. The largest absolute Gasteiger partial charge is 0.298 e. The van der Waals surface area contributed by atoms with Gasteiger partial charge in [0.25, 0.3) is 5.56 Å². The molecule has 1 amide bonds. The SMILES string of the molecule is CC(C)n1c(SCC(=O)N(CC#N)c2ccccc2)nc2ccccc2c1=O. The number of hydrogen-bond acceptors (Lipinski definition) is 5. The molecule has 28 heavy (non-hydrogen) atoms. The van der Waals surface area contributed by atoms with Crippen LogP contribution in [0.1, 0.15) is 19.9 Å². The van der Waals surface area contributed by atoms with E-state index < -0.39 is 0 Å². The number of nitrogens with zero attached hydrogens (tertiary/aromatic N) is 4. The van der Waals surface area contributed by atoms with Crippen LogP contribution in [0.3, 0.4) is 0 Å². The number of rotatable bonds is 6. The van der Waals surface area contributed by atoms with E-state index in [1.165, 1.54) is 16.7 Å². The van der Waals surface area contributed by atoms with Crippen molar-refractivity contribution < 1.29 is 4.79 Å². The van der Waals surface area contributed by atoms with Crippen LogP contribution in [0.5, 0.6) is 0 Å². The first-order valence-electron chi connectivity index (χ1n) is 8.89. The maximum Gasteiger partial charge on any atom is 0.262 e. The van der Waals surface area contributed by atoms with E-state index in [0.717, 1.165) is 0 Å². The van der Waals surface area contributed by atoms with E-state index in [-0.39, 0.29) is 29.8 Å². The lowest BCUT2D eigenvalue weighted by molar-refractivity contribution is -0.116. The summed E-state index contributed by atoms with van der Waals surface area (Å²) in [5, 5.41) is 10.2. The Kier molecular flexibility index (Phi) is 6.12. The Morgan fingerprint density at radius 2 is 1.86 bits per heavy atom. The second-order valence-electron chi connectivity index (χ2n) is 6.44. The molecule has 0 saturated carbocycles. The highest BCUT2D eigenvalue weighted by Gasteiger charge is 2.19. The highest BCUT2D eigenvalue weighted by Crippen LogP contribution is 2.22. The fraction of sp³-hybridized carbons (Fsp3) is 0.238. The van der Waals surface area contributed by atoms with Gasteiger partial charge in [0, 0.05) is 11.7 Å². The van der Waals surface area contributed by atoms with Gasteiger partial charge < -0.3 is 0 Å². The van der Waals surface area contributed by atoms with Crippen molar-refractivity contribution in [2.24, 2.45) is 0 Å². The zero-order chi connectivity index (χ0) is 20.1. The van der Waals surface area contributed by atoms with Crippen molar-refractivity contribution in [3.05, 3.63) is 65.0 Å². The summed E-state index contributed by atoms with van der Waals surface area (Å²) in [5.74, 6) is -0.135. The number of nitriles is 1. The smallest absolute Gasteiger partial charge is 0.262 e. The zero-order valence-electron chi connectivity index (χ0n) is 15.7. The molecule has 6 nitrogen and oxygen atoms in total. The van der Waals surface area contributed by atoms with Crippen molar-refractivity contribution in [3.63, 3.8) is 0 Å². The zero-order valence-corrected chi connectivity index (χ0v) is 16.5. The number of fused-ring (bicyclic) bond motifs is 1. The lowest BCUT2D eigenvalue weighted by atomic mass is 10.2. The summed E-state index contributed by atoms with van der Waals surface area (Å²) in [6.45, 7) is 3.79. The van der Waals surface area contributed by atoms with Gasteiger partial charge in [0.2, 0.25) is 5.91 Å². The third kappa shape index (κ3) is 4.07. The molecule has 0 aliphatic carbocycles. The van der Waals surface area contributed by atoms with E-state index in [1.54, 1.807) is 28.8 Å². The van der Waals surface area contributed by atoms with E-state index in [9.17, 15) is 9.59 Å². The van der Waals surface area contributed by atoms with E-state index in [4.69, 9.17) is 5.26 Å². The van der Waals surface area contributed by atoms with Crippen LogP contribution in [0.15, 0.2) is 64.5 Å². The molecule has 0 radical (unpaired) electrons. The van der Waals surface area contributed by atoms with Gasteiger partial charge in [-0.2, -0.15) is 5.26 Å². The van der Waals surface area contributed by atoms with Crippen LogP contribution >= 0.6 is 11.8 Å². The summed E-state index contributed by atoms with van der Waals surface area (Å²) in [6.07, 6.45) is 0. The van der Waals surface area contributed by atoms with E-state index in [2.05, 4.69) is 4.98 Å². The van der Waals surface area contributed by atoms with Crippen LogP contribution in [0.25, 0.3) is 10.9 Å². The molecule has 7 heteroatoms. The number of para-hydroxylation sites is 2. The molecule has 1 aromatic heterocycles. The Hall–Kier alpha value is -3.11. The van der Waals surface area contributed by atoms with E-state index in [0.29, 0.717) is 21.7 Å². The van der Waals surface area contributed by atoms with Crippen LogP contribution in [0.2, 0.25) is 0 Å². The van der Waals surface area contributed by atoms with Gasteiger partial charge in [0.15, 0.2) is 5.16 Å². The first-order chi connectivity index (χ1) is 13.5. The molecule has 142 valence electrons. The van der Waals surface area contributed by atoms with Gasteiger partial charge in [0.05, 0.1) is 22.7 Å². The fourth-order valence-electron chi connectivity index (χ4n) is 2.89. The second-order valence-corrected chi connectivity index (χ2v) is 7.39. The topological polar surface area (TPSA) is 79.0 Å². The molecular weight excluding hydrogens is 372 g/mol. The van der Waals surface area contributed by atoms with Gasteiger partial charge in [-0.05, 0) is 38.1 Å². The third-order valence-corrected chi connectivity index (χ3v) is 5.15. The van der Waals surface area contributed by atoms with Crippen molar-refractivity contribution in [2.75, 3.05) is 17.2 Å². The van der Waals surface area contributed by atoms with Crippen LogP contribution in [0, 0.1) is 11.3 Å². The Morgan fingerprint density at radius 3 is 2.54 bits per heavy atom. The number of amides is 1. The Balaban J connectivity index is 1.90. The molecule has 1 heterocycles. The summed E-state index contributed by atoms with van der Waals surface area (Å²) in [7, 11) is 0. The summed E-state index contributed by atoms with van der Waals surface area (Å²) >= 11 is 1.21. The van der Waals surface area contributed by atoms with Crippen LogP contribution in [-0.2, 0) is 4.79 Å². The molecule has 0 N–H and O–H groups in total. The van der Waals surface area contributed by atoms with E-state index >= 15 is 0 Å². The number of carbonyl (C=O) groups is 1. The highest BCUT2D eigenvalue weighted by molar-refractivity contribution is 7.99. The molecule has 3 rings (SSSR count). The fourth-order valence-corrected chi connectivity index (χ4v) is 3.89. The maximum atomic E-state index is 12.9. The predicted octanol–water partition coefficient (Wildman–Crippen LogP) is 3.63. The summed E-state index contributed by atoms with van der Waals surface area (Å²) in [6, 6.07) is 18.2. The normalized spacial score (nSPS) is 10.8. The molecule has 0 bridgehead atoms. The Morgan fingerprint density at radius 1 is 1.18 bits per heavy atom. The number of thioether (sulfide) groups is 1. The first kappa shape index (κ1) is 19.6. The van der Waals surface area contributed by atoms with Gasteiger partial charge in [-0.25, -0.2) is 4.98 Å². The molecule has 0 saturated heterocycles. The molecule has 0 atom stereocenters. The summed E-state index contributed by atoms with van der Waals surface area (Å²) < 4.78 is 1.61. The average molecular weight is 392 g/mol. The second kappa shape index (κ2) is 8.72. The van der Waals surface area contributed by atoms with Crippen molar-refractivity contribution in [3.8, 4) is 6.07 Å². The van der Waals surface area contributed by atoms with E-state index in [1.807, 2.05) is 50.2 Å². The first-order valence-corrected chi connectivity index (χ1v) is 9.88. The van der Waals surface area contributed by atoms with Gasteiger partial charge in [-0.3, -0.25) is 19.1 Å². The molecular formula is C21H20N4O2S. The third-order valence-electron chi connectivity index (χ3n) is 4.21. The maximum absolute atomic E-state index is 12.9. The van der Waals surface area contributed by atoms with Crippen LogP contribution < -0.4 is 10.5 Å². The average Bonchev–Trinajstić information content (AvgIpc) is 2.70. The van der Waals surface area contributed by atoms with Crippen molar-refractivity contribution in [1.29, 1.82) is 5.26 Å².